The van der Waals surface area contributed by atoms with Gasteiger partial charge in [0.25, 0.3) is 5.91 Å². The molecule has 1 saturated heterocycles. The van der Waals surface area contributed by atoms with Crippen LogP contribution in [0.1, 0.15) is 41.3 Å². The predicted octanol–water partition coefficient (Wildman–Crippen LogP) is 2.52. The lowest BCUT2D eigenvalue weighted by Gasteiger charge is -2.33. The summed E-state index contributed by atoms with van der Waals surface area (Å²) in [5.74, 6) is 0.184. The Morgan fingerprint density at radius 3 is 2.95 bits per heavy atom. The smallest absolute Gasteiger partial charge is 0.254 e. The number of likely N-dealkylation sites (N-methyl/N-ethyl adjacent to an activating group) is 1. The minimum absolute atomic E-state index is 0.184. The van der Waals surface area contributed by atoms with Gasteiger partial charge in [0.2, 0.25) is 0 Å². The van der Waals surface area contributed by atoms with Gasteiger partial charge in [-0.3, -0.25) is 4.79 Å². The molecule has 3 nitrogen and oxygen atoms in total. The molecule has 1 unspecified atom stereocenters. The summed E-state index contributed by atoms with van der Waals surface area (Å²) in [7, 11) is 0. The number of aryl methyl sites for hydroxylation is 2. The summed E-state index contributed by atoms with van der Waals surface area (Å²) >= 11 is 0. The number of carbonyl (C=O) groups is 1. The van der Waals surface area contributed by atoms with Crippen LogP contribution < -0.4 is 5.32 Å². The number of hydrogen-bond donors (Lipinski definition) is 1. The molecule has 1 aliphatic rings. The Morgan fingerprint density at radius 2 is 2.21 bits per heavy atom. The van der Waals surface area contributed by atoms with E-state index in [1.807, 2.05) is 30.9 Å². The average Bonchev–Trinajstić information content (AvgIpc) is 2.41. The molecule has 0 aromatic heterocycles. The van der Waals surface area contributed by atoms with E-state index in [2.05, 4.69) is 18.3 Å². The van der Waals surface area contributed by atoms with E-state index in [4.69, 9.17) is 0 Å². The van der Waals surface area contributed by atoms with Crippen LogP contribution in [0.25, 0.3) is 0 Å². The Labute approximate surface area is 116 Å². The zero-order valence-electron chi connectivity index (χ0n) is 12.2. The number of amides is 1. The molecule has 0 aliphatic carbocycles. The van der Waals surface area contributed by atoms with E-state index < -0.39 is 0 Å². The zero-order valence-corrected chi connectivity index (χ0v) is 12.2. The largest absolute Gasteiger partial charge is 0.337 e. The normalized spacial score (nSPS) is 19.5. The van der Waals surface area contributed by atoms with E-state index >= 15 is 0 Å². The van der Waals surface area contributed by atoms with Crippen LogP contribution >= 0.6 is 0 Å². The van der Waals surface area contributed by atoms with E-state index in [1.54, 1.807) is 0 Å². The summed E-state index contributed by atoms with van der Waals surface area (Å²) in [6.07, 6.45) is 2.26. The summed E-state index contributed by atoms with van der Waals surface area (Å²) in [5, 5.41) is 3.45. The molecule has 3 heteroatoms. The van der Waals surface area contributed by atoms with Crippen LogP contribution in [0.15, 0.2) is 18.2 Å². The van der Waals surface area contributed by atoms with Gasteiger partial charge in [-0.15, -0.1) is 0 Å². The van der Waals surface area contributed by atoms with Gasteiger partial charge in [0, 0.05) is 24.7 Å². The first-order valence-electron chi connectivity index (χ1n) is 7.21. The van der Waals surface area contributed by atoms with Crippen LogP contribution in [0.5, 0.6) is 0 Å². The second-order valence-electron chi connectivity index (χ2n) is 5.47. The first kappa shape index (κ1) is 14.1. The van der Waals surface area contributed by atoms with Crippen molar-refractivity contribution in [3.05, 3.63) is 34.9 Å². The molecule has 1 heterocycles. The van der Waals surface area contributed by atoms with Crippen LogP contribution in [0.2, 0.25) is 0 Å². The second-order valence-corrected chi connectivity index (χ2v) is 5.47. The van der Waals surface area contributed by atoms with Gasteiger partial charge < -0.3 is 10.2 Å². The van der Waals surface area contributed by atoms with E-state index in [9.17, 15) is 4.79 Å². The molecule has 1 atom stereocenters. The van der Waals surface area contributed by atoms with Gasteiger partial charge in [-0.25, -0.2) is 0 Å². The highest BCUT2D eigenvalue weighted by atomic mass is 16.2. The van der Waals surface area contributed by atoms with Crippen molar-refractivity contribution in [1.29, 1.82) is 0 Å². The number of benzene rings is 1. The standard InChI is InChI=1S/C16H24N2O/c1-4-17-14-6-5-9-18(11-14)16(19)15-10-12(2)7-8-13(15)3/h7-8,10,14,17H,4-6,9,11H2,1-3H3. The van der Waals surface area contributed by atoms with Crippen molar-refractivity contribution in [3.63, 3.8) is 0 Å². The third kappa shape index (κ3) is 3.35. The maximum atomic E-state index is 12.6. The summed E-state index contributed by atoms with van der Waals surface area (Å²) in [6.45, 7) is 8.85. The van der Waals surface area contributed by atoms with Gasteiger partial charge in [-0.1, -0.05) is 24.6 Å². The molecule has 1 aromatic rings. The summed E-state index contributed by atoms with van der Waals surface area (Å²) < 4.78 is 0. The third-order valence-electron chi connectivity index (χ3n) is 3.82. The zero-order chi connectivity index (χ0) is 13.8. The summed E-state index contributed by atoms with van der Waals surface area (Å²) in [5.41, 5.74) is 3.08. The highest BCUT2D eigenvalue weighted by Crippen LogP contribution is 2.17. The van der Waals surface area contributed by atoms with E-state index in [1.165, 1.54) is 6.42 Å². The number of hydrogen-bond acceptors (Lipinski definition) is 2. The molecule has 1 aliphatic heterocycles. The quantitative estimate of drug-likeness (QED) is 0.905. The Hall–Kier alpha value is -1.35. The number of nitrogens with one attached hydrogen (secondary N) is 1. The molecule has 0 spiro atoms. The van der Waals surface area contributed by atoms with Gasteiger partial charge in [0.1, 0.15) is 0 Å². The predicted molar refractivity (Wildman–Crippen MR) is 78.5 cm³/mol. The molecule has 1 aromatic carbocycles. The lowest BCUT2D eigenvalue weighted by Crippen LogP contribution is -2.48. The highest BCUT2D eigenvalue weighted by Gasteiger charge is 2.24. The molecule has 104 valence electrons. The van der Waals surface area contributed by atoms with Crippen molar-refractivity contribution < 1.29 is 4.79 Å². The minimum Gasteiger partial charge on any atom is -0.337 e. The van der Waals surface area contributed by atoms with Gasteiger partial charge in [0.15, 0.2) is 0 Å². The van der Waals surface area contributed by atoms with Gasteiger partial charge in [-0.05, 0) is 44.9 Å². The Bertz CT molecular complexity index is 454. The third-order valence-corrected chi connectivity index (χ3v) is 3.82. The fourth-order valence-corrected chi connectivity index (χ4v) is 2.75. The number of carbonyl (C=O) groups excluding carboxylic acids is 1. The van der Waals surface area contributed by atoms with Gasteiger partial charge in [0.05, 0.1) is 0 Å². The number of piperidine rings is 1. The Morgan fingerprint density at radius 1 is 1.42 bits per heavy atom. The molecular formula is C16H24N2O. The number of rotatable bonds is 3. The van der Waals surface area contributed by atoms with Crippen LogP contribution in [-0.4, -0.2) is 36.5 Å². The molecule has 1 fully saturated rings. The Balaban J connectivity index is 2.12. The topological polar surface area (TPSA) is 32.3 Å². The lowest BCUT2D eigenvalue weighted by atomic mass is 10.0. The van der Waals surface area contributed by atoms with Crippen LogP contribution in [-0.2, 0) is 0 Å². The molecular weight excluding hydrogens is 236 g/mol. The summed E-state index contributed by atoms with van der Waals surface area (Å²) in [6, 6.07) is 6.56. The van der Waals surface area contributed by atoms with Crippen molar-refractivity contribution in [3.8, 4) is 0 Å². The van der Waals surface area contributed by atoms with E-state index in [-0.39, 0.29) is 5.91 Å². The van der Waals surface area contributed by atoms with Crippen LogP contribution in [0, 0.1) is 13.8 Å². The maximum Gasteiger partial charge on any atom is 0.254 e. The summed E-state index contributed by atoms with van der Waals surface area (Å²) in [4.78, 5) is 14.6. The molecule has 1 N–H and O–H groups in total. The van der Waals surface area contributed by atoms with Crippen LogP contribution in [0.4, 0.5) is 0 Å². The SMILES string of the molecule is CCNC1CCCN(C(=O)c2cc(C)ccc2C)C1. The monoisotopic (exact) mass is 260 g/mol. The maximum absolute atomic E-state index is 12.6. The molecule has 0 bridgehead atoms. The molecule has 19 heavy (non-hydrogen) atoms. The van der Waals surface area contributed by atoms with E-state index in [0.717, 1.165) is 42.7 Å². The molecule has 0 saturated carbocycles. The molecule has 0 radical (unpaired) electrons. The lowest BCUT2D eigenvalue weighted by molar-refractivity contribution is 0.0695. The number of nitrogens with zero attached hydrogens (tertiary/aromatic N) is 1. The van der Waals surface area contributed by atoms with E-state index in [0.29, 0.717) is 6.04 Å². The molecule has 2 rings (SSSR count). The first-order valence-corrected chi connectivity index (χ1v) is 7.21. The molecule has 1 amide bonds. The average molecular weight is 260 g/mol. The van der Waals surface area contributed by atoms with Crippen molar-refractivity contribution in [2.24, 2.45) is 0 Å². The van der Waals surface area contributed by atoms with Crippen molar-refractivity contribution >= 4 is 5.91 Å². The second kappa shape index (κ2) is 6.20. The van der Waals surface area contributed by atoms with Gasteiger partial charge in [-0.2, -0.15) is 0 Å². The van der Waals surface area contributed by atoms with Crippen LogP contribution in [0.3, 0.4) is 0 Å². The van der Waals surface area contributed by atoms with Gasteiger partial charge >= 0.3 is 0 Å². The minimum atomic E-state index is 0.184. The van der Waals surface area contributed by atoms with Crippen molar-refractivity contribution in [2.75, 3.05) is 19.6 Å². The first-order chi connectivity index (χ1) is 9.11. The Kier molecular flexibility index (Phi) is 4.59. The van der Waals surface area contributed by atoms with Crippen molar-refractivity contribution in [2.45, 2.75) is 39.7 Å². The fourth-order valence-electron chi connectivity index (χ4n) is 2.75. The van der Waals surface area contributed by atoms with Crippen molar-refractivity contribution in [1.82, 2.24) is 10.2 Å². The fraction of sp³-hybridized carbons (Fsp3) is 0.562. The highest BCUT2D eigenvalue weighted by molar-refractivity contribution is 5.95. The number of likely N-dealkylation sites (tertiary alicyclic amines) is 1.